The van der Waals surface area contributed by atoms with E-state index in [0.717, 1.165) is 5.56 Å². The molecule has 28 heavy (non-hydrogen) atoms. The molecule has 0 aromatic heterocycles. The van der Waals surface area contributed by atoms with Gasteiger partial charge in [-0.2, -0.15) is 0 Å². The van der Waals surface area contributed by atoms with Gasteiger partial charge in [-0.15, -0.1) is 0 Å². The summed E-state index contributed by atoms with van der Waals surface area (Å²) in [6, 6.07) is 8.94. The minimum absolute atomic E-state index is 0.0650. The highest BCUT2D eigenvalue weighted by atomic mass is 32.2. The van der Waals surface area contributed by atoms with Crippen molar-refractivity contribution in [2.45, 2.75) is 38.9 Å². The Morgan fingerprint density at radius 2 is 1.71 bits per heavy atom. The molecule has 1 atom stereocenters. The molecule has 8 heteroatoms. The number of carbonyl (C=O) groups is 2. The van der Waals surface area contributed by atoms with Crippen molar-refractivity contribution >= 4 is 21.7 Å². The summed E-state index contributed by atoms with van der Waals surface area (Å²) in [7, 11) is 0.606. The van der Waals surface area contributed by atoms with Crippen molar-refractivity contribution in [2.24, 2.45) is 0 Å². The first-order valence-electron chi connectivity index (χ1n) is 9.61. The summed E-state index contributed by atoms with van der Waals surface area (Å²) in [5.74, 6) is -1.20. The number of carbonyl (C=O) groups excluding carboxylic acids is 2. The van der Waals surface area contributed by atoms with E-state index in [1.165, 1.54) is 4.90 Å². The SMILES string of the molecule is CC(C)N(Cc1ccccc1)C(=O)C(=O)N(CCN(C)C)C1CCS(=O)(=O)C1. The Kier molecular flexibility index (Phi) is 7.60. The first-order valence-corrected chi connectivity index (χ1v) is 11.4. The Hall–Kier alpha value is -1.93. The van der Waals surface area contributed by atoms with Gasteiger partial charge in [0.15, 0.2) is 9.84 Å². The highest BCUT2D eigenvalue weighted by Crippen LogP contribution is 2.19. The third-order valence-electron chi connectivity index (χ3n) is 4.96. The molecule has 1 aromatic carbocycles. The smallest absolute Gasteiger partial charge is 0.312 e. The van der Waals surface area contributed by atoms with Crippen LogP contribution < -0.4 is 0 Å². The second kappa shape index (κ2) is 9.52. The van der Waals surface area contributed by atoms with Crippen LogP contribution in [-0.2, 0) is 26.0 Å². The van der Waals surface area contributed by atoms with Gasteiger partial charge in [-0.05, 0) is 39.9 Å². The lowest BCUT2D eigenvalue weighted by atomic mass is 10.1. The van der Waals surface area contributed by atoms with Gasteiger partial charge in [0.2, 0.25) is 0 Å². The van der Waals surface area contributed by atoms with Crippen LogP contribution >= 0.6 is 0 Å². The largest absolute Gasteiger partial charge is 0.329 e. The molecule has 1 unspecified atom stereocenters. The molecule has 2 amide bonds. The number of benzene rings is 1. The Labute approximate surface area is 168 Å². The van der Waals surface area contributed by atoms with E-state index in [2.05, 4.69) is 0 Å². The van der Waals surface area contributed by atoms with Crippen molar-refractivity contribution in [3.05, 3.63) is 35.9 Å². The second-order valence-corrected chi connectivity index (χ2v) is 10.1. The van der Waals surface area contributed by atoms with E-state index in [4.69, 9.17) is 0 Å². The van der Waals surface area contributed by atoms with Gasteiger partial charge >= 0.3 is 11.8 Å². The van der Waals surface area contributed by atoms with Gasteiger partial charge in [-0.3, -0.25) is 9.59 Å². The topological polar surface area (TPSA) is 78.0 Å². The van der Waals surface area contributed by atoms with Gasteiger partial charge < -0.3 is 14.7 Å². The summed E-state index contributed by atoms with van der Waals surface area (Å²) < 4.78 is 23.8. The molecule has 0 N–H and O–H groups in total. The molecule has 0 spiro atoms. The van der Waals surface area contributed by atoms with Gasteiger partial charge in [0.25, 0.3) is 0 Å². The average molecular weight is 410 g/mol. The maximum Gasteiger partial charge on any atom is 0.312 e. The van der Waals surface area contributed by atoms with E-state index in [9.17, 15) is 18.0 Å². The molecule has 2 rings (SSSR count). The van der Waals surface area contributed by atoms with Crippen LogP contribution in [0.25, 0.3) is 0 Å². The molecule has 0 aliphatic carbocycles. The van der Waals surface area contributed by atoms with Gasteiger partial charge in [-0.1, -0.05) is 30.3 Å². The van der Waals surface area contributed by atoms with Crippen LogP contribution in [0.1, 0.15) is 25.8 Å². The van der Waals surface area contributed by atoms with Gasteiger partial charge in [-0.25, -0.2) is 8.42 Å². The number of amides is 2. The van der Waals surface area contributed by atoms with E-state index >= 15 is 0 Å². The van der Waals surface area contributed by atoms with Crippen LogP contribution in [0.2, 0.25) is 0 Å². The maximum absolute atomic E-state index is 13.1. The van der Waals surface area contributed by atoms with Crippen molar-refractivity contribution < 1.29 is 18.0 Å². The first-order chi connectivity index (χ1) is 13.1. The quantitative estimate of drug-likeness (QED) is 0.628. The lowest BCUT2D eigenvalue weighted by Gasteiger charge is -2.33. The lowest BCUT2D eigenvalue weighted by molar-refractivity contribution is -0.154. The lowest BCUT2D eigenvalue weighted by Crippen LogP contribution is -2.52. The minimum Gasteiger partial charge on any atom is -0.329 e. The third-order valence-corrected chi connectivity index (χ3v) is 6.71. The number of hydrogen-bond acceptors (Lipinski definition) is 5. The highest BCUT2D eigenvalue weighted by Gasteiger charge is 2.38. The second-order valence-electron chi connectivity index (χ2n) is 7.87. The number of sulfone groups is 1. The fraction of sp³-hybridized carbons (Fsp3) is 0.600. The first kappa shape index (κ1) is 22.4. The van der Waals surface area contributed by atoms with E-state index in [-0.39, 0.29) is 17.5 Å². The molecular formula is C20H31N3O4S. The molecule has 156 valence electrons. The Bertz CT molecular complexity index is 778. The monoisotopic (exact) mass is 409 g/mol. The molecule has 7 nitrogen and oxygen atoms in total. The molecule has 0 saturated carbocycles. The Morgan fingerprint density at radius 3 is 2.21 bits per heavy atom. The summed E-state index contributed by atoms with van der Waals surface area (Å²) in [6.07, 6.45) is 0.384. The van der Waals surface area contributed by atoms with Crippen LogP contribution in [0.3, 0.4) is 0 Å². The average Bonchev–Trinajstić information content (AvgIpc) is 2.99. The summed E-state index contributed by atoms with van der Waals surface area (Å²) in [6.45, 7) is 4.98. The Balaban J connectivity index is 2.20. The zero-order valence-electron chi connectivity index (χ0n) is 17.2. The number of hydrogen-bond donors (Lipinski definition) is 0. The predicted octanol–water partition coefficient (Wildman–Crippen LogP) is 1.00. The minimum atomic E-state index is -3.16. The normalized spacial score (nSPS) is 18.4. The predicted molar refractivity (Wildman–Crippen MR) is 109 cm³/mol. The zero-order chi connectivity index (χ0) is 20.9. The number of rotatable bonds is 7. The van der Waals surface area contributed by atoms with E-state index in [0.29, 0.717) is 26.1 Å². The third kappa shape index (κ3) is 6.04. The summed E-state index contributed by atoms with van der Waals surface area (Å²) in [5.41, 5.74) is 0.945. The van der Waals surface area contributed by atoms with Crippen molar-refractivity contribution in [3.8, 4) is 0 Å². The van der Waals surface area contributed by atoms with Crippen molar-refractivity contribution in [2.75, 3.05) is 38.7 Å². The van der Waals surface area contributed by atoms with Gasteiger partial charge in [0, 0.05) is 31.7 Å². The summed E-state index contributed by atoms with van der Waals surface area (Å²) >= 11 is 0. The molecule has 0 radical (unpaired) electrons. The Morgan fingerprint density at radius 1 is 1.07 bits per heavy atom. The molecule has 1 aliphatic heterocycles. The van der Waals surface area contributed by atoms with E-state index in [1.54, 1.807) is 4.90 Å². The molecule has 1 heterocycles. The summed E-state index contributed by atoms with van der Waals surface area (Å²) in [4.78, 5) is 31.1. The van der Waals surface area contributed by atoms with Crippen LogP contribution in [-0.4, -0.2) is 85.7 Å². The molecule has 1 aliphatic rings. The standard InChI is InChI=1S/C20H31N3O4S/c1-16(2)23(14-17-8-6-5-7-9-17)20(25)19(24)22(12-11-21(3)4)18-10-13-28(26,27)15-18/h5-9,16,18H,10-15H2,1-4H3. The zero-order valence-corrected chi connectivity index (χ0v) is 18.0. The van der Waals surface area contributed by atoms with E-state index in [1.807, 2.05) is 63.2 Å². The van der Waals surface area contributed by atoms with Crippen molar-refractivity contribution in [1.82, 2.24) is 14.7 Å². The van der Waals surface area contributed by atoms with Crippen LogP contribution in [0.5, 0.6) is 0 Å². The highest BCUT2D eigenvalue weighted by molar-refractivity contribution is 7.91. The van der Waals surface area contributed by atoms with E-state index < -0.39 is 27.7 Å². The van der Waals surface area contributed by atoms with Crippen LogP contribution in [0, 0.1) is 0 Å². The maximum atomic E-state index is 13.1. The van der Waals surface area contributed by atoms with Gasteiger partial charge in [0.05, 0.1) is 11.5 Å². The van der Waals surface area contributed by atoms with Crippen LogP contribution in [0.4, 0.5) is 0 Å². The number of likely N-dealkylation sites (N-methyl/N-ethyl adjacent to an activating group) is 1. The van der Waals surface area contributed by atoms with Crippen molar-refractivity contribution in [1.29, 1.82) is 0 Å². The molecule has 0 bridgehead atoms. The molecular weight excluding hydrogens is 378 g/mol. The molecule has 1 saturated heterocycles. The fourth-order valence-electron chi connectivity index (χ4n) is 3.29. The van der Waals surface area contributed by atoms with Crippen LogP contribution in [0.15, 0.2) is 30.3 Å². The molecule has 1 fully saturated rings. The van der Waals surface area contributed by atoms with Crippen molar-refractivity contribution in [3.63, 3.8) is 0 Å². The molecule has 1 aromatic rings. The summed E-state index contributed by atoms with van der Waals surface area (Å²) in [5, 5.41) is 0. The number of nitrogens with zero attached hydrogens (tertiary/aromatic N) is 3. The fourth-order valence-corrected chi connectivity index (χ4v) is 5.02. The van der Waals surface area contributed by atoms with Gasteiger partial charge in [0.1, 0.15) is 0 Å².